The largest absolute Gasteiger partial charge is 0.469 e. The molecule has 0 aliphatic carbocycles. The number of nitrogens with one attached hydrogen (secondary N) is 1. The highest BCUT2D eigenvalue weighted by atomic mass is 16.5. The molecule has 0 radical (unpaired) electrons. The molecular formula is C25H29N3O3. The van der Waals surface area contributed by atoms with E-state index in [0.29, 0.717) is 24.3 Å². The molecule has 0 bridgehead atoms. The molecule has 0 saturated heterocycles. The summed E-state index contributed by atoms with van der Waals surface area (Å²) in [6.45, 7) is 8.13. The first-order chi connectivity index (χ1) is 14.8. The van der Waals surface area contributed by atoms with Crippen molar-refractivity contribution < 1.29 is 14.3 Å². The molecule has 1 aromatic heterocycles. The molecule has 0 aliphatic heterocycles. The van der Waals surface area contributed by atoms with Crippen LogP contribution in [0, 0.1) is 13.8 Å². The van der Waals surface area contributed by atoms with E-state index in [4.69, 9.17) is 4.74 Å². The van der Waals surface area contributed by atoms with Crippen LogP contribution < -0.4 is 5.32 Å². The van der Waals surface area contributed by atoms with Gasteiger partial charge in [0.25, 0.3) is 5.91 Å². The van der Waals surface area contributed by atoms with Crippen molar-refractivity contribution in [1.82, 2.24) is 9.78 Å². The standard InChI is InChI=1S/C25H29N3O3/c1-16(2)21-8-6-7-9-23(21)26-25(30)19-10-12-20(13-11-19)28-18(4)22(17(3)27-28)14-15-24(29)31-5/h6-13,16H,14-15H2,1-5H3,(H,26,30). The van der Waals surface area contributed by atoms with Gasteiger partial charge in [-0.3, -0.25) is 9.59 Å². The zero-order valence-electron chi connectivity index (χ0n) is 18.7. The second-order valence-electron chi connectivity index (χ2n) is 7.88. The van der Waals surface area contributed by atoms with Crippen LogP contribution in [0.25, 0.3) is 5.69 Å². The number of carbonyl (C=O) groups excluding carboxylic acids is 2. The van der Waals surface area contributed by atoms with Gasteiger partial charge in [-0.15, -0.1) is 0 Å². The van der Waals surface area contributed by atoms with E-state index in [-0.39, 0.29) is 11.9 Å². The summed E-state index contributed by atoms with van der Waals surface area (Å²) in [6.07, 6.45) is 0.904. The SMILES string of the molecule is COC(=O)CCc1c(C)nn(-c2ccc(C(=O)Nc3ccccc3C(C)C)cc2)c1C. The molecule has 1 heterocycles. The number of rotatable bonds is 7. The first-order valence-electron chi connectivity index (χ1n) is 10.4. The van der Waals surface area contributed by atoms with Crippen LogP contribution in [-0.2, 0) is 16.0 Å². The fourth-order valence-electron chi connectivity index (χ4n) is 3.68. The quantitative estimate of drug-likeness (QED) is 0.549. The van der Waals surface area contributed by atoms with Gasteiger partial charge in [0, 0.05) is 23.4 Å². The van der Waals surface area contributed by atoms with Crippen LogP contribution in [0.1, 0.15) is 59.1 Å². The van der Waals surface area contributed by atoms with Crippen LogP contribution in [0.5, 0.6) is 0 Å². The first kappa shape index (κ1) is 22.3. The predicted octanol–water partition coefficient (Wildman–Crippen LogP) is 4.97. The van der Waals surface area contributed by atoms with Gasteiger partial charge in [-0.2, -0.15) is 5.10 Å². The number of esters is 1. The van der Waals surface area contributed by atoms with Gasteiger partial charge in [0.1, 0.15) is 0 Å². The molecule has 0 fully saturated rings. The maximum Gasteiger partial charge on any atom is 0.305 e. The number of aryl methyl sites for hydroxylation is 1. The van der Waals surface area contributed by atoms with E-state index in [1.54, 1.807) is 12.1 Å². The van der Waals surface area contributed by atoms with Crippen LogP contribution in [0.4, 0.5) is 5.69 Å². The highest BCUT2D eigenvalue weighted by Crippen LogP contribution is 2.25. The number of hydrogen-bond acceptors (Lipinski definition) is 4. The van der Waals surface area contributed by atoms with Crippen molar-refractivity contribution >= 4 is 17.6 Å². The van der Waals surface area contributed by atoms with Crippen molar-refractivity contribution in [2.24, 2.45) is 0 Å². The summed E-state index contributed by atoms with van der Waals surface area (Å²) >= 11 is 0. The number of benzene rings is 2. The maximum absolute atomic E-state index is 12.8. The third-order valence-electron chi connectivity index (χ3n) is 5.45. The summed E-state index contributed by atoms with van der Waals surface area (Å²) in [6, 6.07) is 15.2. The summed E-state index contributed by atoms with van der Waals surface area (Å²) in [5.74, 6) is -0.0639. The molecule has 0 aliphatic rings. The Morgan fingerprint density at radius 3 is 2.39 bits per heavy atom. The van der Waals surface area contributed by atoms with Crippen molar-refractivity contribution in [3.8, 4) is 5.69 Å². The number of amides is 1. The molecule has 0 unspecified atom stereocenters. The minimum atomic E-state index is -0.235. The number of methoxy groups -OCH3 is 1. The number of carbonyl (C=O) groups is 2. The van der Waals surface area contributed by atoms with Crippen LogP contribution in [-0.4, -0.2) is 28.8 Å². The van der Waals surface area contributed by atoms with Gasteiger partial charge in [0.05, 0.1) is 18.5 Å². The molecule has 162 valence electrons. The van der Waals surface area contributed by atoms with E-state index in [0.717, 1.165) is 33.9 Å². The minimum absolute atomic E-state index is 0.146. The van der Waals surface area contributed by atoms with E-state index in [1.165, 1.54) is 7.11 Å². The van der Waals surface area contributed by atoms with Gasteiger partial charge >= 0.3 is 5.97 Å². The number of hydrogen-bond donors (Lipinski definition) is 1. The Morgan fingerprint density at radius 1 is 1.06 bits per heavy atom. The van der Waals surface area contributed by atoms with Gasteiger partial charge in [0.15, 0.2) is 0 Å². The van der Waals surface area contributed by atoms with E-state index in [1.807, 2.05) is 54.9 Å². The van der Waals surface area contributed by atoms with Gasteiger partial charge in [-0.05, 0) is 67.6 Å². The highest BCUT2D eigenvalue weighted by molar-refractivity contribution is 6.04. The molecule has 31 heavy (non-hydrogen) atoms. The lowest BCUT2D eigenvalue weighted by atomic mass is 10.0. The highest BCUT2D eigenvalue weighted by Gasteiger charge is 2.15. The third kappa shape index (κ3) is 5.02. The Labute approximate surface area is 183 Å². The summed E-state index contributed by atoms with van der Waals surface area (Å²) < 4.78 is 6.58. The summed E-state index contributed by atoms with van der Waals surface area (Å²) in [4.78, 5) is 24.2. The summed E-state index contributed by atoms with van der Waals surface area (Å²) in [7, 11) is 1.39. The van der Waals surface area contributed by atoms with E-state index in [9.17, 15) is 9.59 Å². The number of anilines is 1. The minimum Gasteiger partial charge on any atom is -0.469 e. The lowest BCUT2D eigenvalue weighted by Crippen LogP contribution is -2.13. The Bertz CT molecular complexity index is 1080. The average Bonchev–Trinajstić information content (AvgIpc) is 3.05. The zero-order valence-corrected chi connectivity index (χ0v) is 18.7. The van der Waals surface area contributed by atoms with Crippen LogP contribution >= 0.6 is 0 Å². The second kappa shape index (κ2) is 9.60. The number of para-hydroxylation sites is 1. The van der Waals surface area contributed by atoms with Crippen molar-refractivity contribution in [3.63, 3.8) is 0 Å². The van der Waals surface area contributed by atoms with E-state index >= 15 is 0 Å². The second-order valence-corrected chi connectivity index (χ2v) is 7.88. The molecule has 6 heteroatoms. The zero-order chi connectivity index (χ0) is 22.5. The van der Waals surface area contributed by atoms with Crippen molar-refractivity contribution in [1.29, 1.82) is 0 Å². The first-order valence-corrected chi connectivity index (χ1v) is 10.4. The van der Waals surface area contributed by atoms with Crippen LogP contribution in [0.3, 0.4) is 0 Å². The lowest BCUT2D eigenvalue weighted by molar-refractivity contribution is -0.140. The van der Waals surface area contributed by atoms with Crippen molar-refractivity contribution in [2.45, 2.75) is 46.5 Å². The smallest absolute Gasteiger partial charge is 0.305 e. The Balaban J connectivity index is 1.78. The fourth-order valence-corrected chi connectivity index (χ4v) is 3.68. The molecule has 0 saturated carbocycles. The third-order valence-corrected chi connectivity index (χ3v) is 5.45. The molecule has 3 aromatic rings. The molecule has 1 N–H and O–H groups in total. The predicted molar refractivity (Wildman–Crippen MR) is 122 cm³/mol. The topological polar surface area (TPSA) is 73.2 Å². The van der Waals surface area contributed by atoms with Crippen LogP contribution in [0.15, 0.2) is 48.5 Å². The molecule has 0 spiro atoms. The molecule has 3 rings (SSSR count). The Kier molecular flexibility index (Phi) is 6.90. The van der Waals surface area contributed by atoms with Gasteiger partial charge in [-0.1, -0.05) is 32.0 Å². The molecule has 2 aromatic carbocycles. The number of aromatic nitrogens is 2. The fraction of sp³-hybridized carbons (Fsp3) is 0.320. The summed E-state index contributed by atoms with van der Waals surface area (Å²) in [5, 5.41) is 7.64. The number of ether oxygens (including phenoxy) is 1. The Morgan fingerprint density at radius 2 is 1.74 bits per heavy atom. The van der Waals surface area contributed by atoms with Gasteiger partial charge in [0.2, 0.25) is 0 Å². The number of nitrogens with zero attached hydrogens (tertiary/aromatic N) is 2. The van der Waals surface area contributed by atoms with Crippen molar-refractivity contribution in [2.75, 3.05) is 12.4 Å². The molecule has 1 amide bonds. The van der Waals surface area contributed by atoms with Gasteiger partial charge < -0.3 is 10.1 Å². The average molecular weight is 420 g/mol. The summed E-state index contributed by atoms with van der Waals surface area (Å²) in [5.41, 5.74) is 6.28. The molecule has 6 nitrogen and oxygen atoms in total. The molecular weight excluding hydrogens is 390 g/mol. The molecule has 0 atom stereocenters. The lowest BCUT2D eigenvalue weighted by Gasteiger charge is -2.14. The van der Waals surface area contributed by atoms with E-state index in [2.05, 4.69) is 24.3 Å². The van der Waals surface area contributed by atoms with Crippen LogP contribution in [0.2, 0.25) is 0 Å². The van der Waals surface area contributed by atoms with Gasteiger partial charge in [-0.25, -0.2) is 4.68 Å². The Hall–Kier alpha value is -3.41. The monoisotopic (exact) mass is 419 g/mol. The van der Waals surface area contributed by atoms with E-state index < -0.39 is 0 Å². The van der Waals surface area contributed by atoms with Crippen molar-refractivity contribution in [3.05, 3.63) is 76.6 Å². The normalized spacial score (nSPS) is 10.9. The maximum atomic E-state index is 12.8.